The molecule has 0 aliphatic carbocycles. The molecule has 53 heavy (non-hydrogen) atoms. The number of hydrogen-bond acceptors (Lipinski definition) is 9. The smallest absolute Gasteiger partial charge is 0.462 e. The summed E-state index contributed by atoms with van der Waals surface area (Å²) in [6.07, 6.45) is 40.5. The molecule has 11 heteroatoms. The van der Waals surface area contributed by atoms with Crippen LogP contribution >= 0.6 is 7.82 Å². The lowest BCUT2D eigenvalue weighted by atomic mass is 10.1. The molecule has 1 unspecified atom stereocenters. The molecule has 0 heterocycles. The van der Waals surface area contributed by atoms with Gasteiger partial charge in [0.15, 0.2) is 6.10 Å². The number of rotatable bonds is 37. The Kier molecular flexibility index (Phi) is 36.3. The van der Waals surface area contributed by atoms with Gasteiger partial charge in [0.05, 0.1) is 19.8 Å². The third kappa shape index (κ3) is 37.8. The number of esters is 2. The van der Waals surface area contributed by atoms with Crippen LogP contribution in [0.1, 0.15) is 155 Å². The van der Waals surface area contributed by atoms with E-state index >= 15 is 0 Å². The second kappa shape index (κ2) is 38.0. The van der Waals surface area contributed by atoms with Gasteiger partial charge in [-0.25, -0.2) is 4.57 Å². The van der Waals surface area contributed by atoms with Crippen molar-refractivity contribution in [1.82, 2.24) is 0 Å². The van der Waals surface area contributed by atoms with Gasteiger partial charge in [-0.3, -0.25) is 18.6 Å². The van der Waals surface area contributed by atoms with Crippen molar-refractivity contribution in [2.45, 2.75) is 167 Å². The highest BCUT2D eigenvalue weighted by molar-refractivity contribution is 7.47. The molecule has 0 aliphatic rings. The van der Waals surface area contributed by atoms with Crippen LogP contribution in [0.2, 0.25) is 0 Å². The highest BCUT2D eigenvalue weighted by atomic mass is 31.2. The molecule has 306 valence electrons. The molecule has 0 rings (SSSR count). The van der Waals surface area contributed by atoms with Crippen molar-refractivity contribution in [3.8, 4) is 0 Å². The quantitative estimate of drug-likeness (QED) is 0.0241. The predicted molar refractivity (Wildman–Crippen MR) is 214 cm³/mol. The van der Waals surface area contributed by atoms with Crippen molar-refractivity contribution >= 4 is 19.8 Å². The first kappa shape index (κ1) is 50.7. The summed E-state index contributed by atoms with van der Waals surface area (Å²) < 4.78 is 32.6. The minimum Gasteiger partial charge on any atom is -0.462 e. The van der Waals surface area contributed by atoms with E-state index in [0.717, 1.165) is 77.0 Å². The maximum atomic E-state index is 12.6. The fourth-order valence-electron chi connectivity index (χ4n) is 5.04. The van der Waals surface area contributed by atoms with Crippen LogP contribution in [0.15, 0.2) is 60.8 Å². The van der Waals surface area contributed by atoms with E-state index in [1.807, 2.05) is 0 Å². The number of carbonyl (C=O) groups excluding carboxylic acids is 2. The number of aliphatic hydroxyl groups is 2. The molecule has 0 saturated carbocycles. The SMILES string of the molecule is CC/C=C/C/C=C/C/C=C/CCCCCCCC(=O)OC[C@H](COP(=O)(O)OC[C@@H](O)CO)OC(=O)CCCC/C=C/C/C=C/CCCCCCCC. The first-order valence-corrected chi connectivity index (χ1v) is 21.7. The highest BCUT2D eigenvalue weighted by Crippen LogP contribution is 2.43. The topological polar surface area (TPSA) is 149 Å². The lowest BCUT2D eigenvalue weighted by Crippen LogP contribution is -2.29. The number of ether oxygens (including phenoxy) is 2. The minimum atomic E-state index is -4.63. The number of phosphoric acid groups is 1. The summed E-state index contributed by atoms with van der Waals surface area (Å²) in [6.45, 7) is 2.18. The summed E-state index contributed by atoms with van der Waals surface area (Å²) >= 11 is 0. The average molecular weight is 769 g/mol. The van der Waals surface area contributed by atoms with Gasteiger partial charge in [-0.15, -0.1) is 0 Å². The standard InChI is InChI=1S/C42H73O10P/c1-3-5-7-9-11-13-15-17-19-21-23-25-27-29-31-33-41(45)49-37-40(38-51-53(47,48)50-36-39(44)35-43)52-42(46)34-32-30-28-26-24-22-20-18-16-14-12-10-8-6-4-2/h5,7,11,13,17-20,24,26,39-40,43-44H,3-4,6,8-10,12,14-16,21-23,25,27-38H2,1-2H3,(H,47,48)/b7-5+,13-11+,19-17+,20-18+,26-24+/t39-,40+/m0/s1. The molecule has 10 nitrogen and oxygen atoms in total. The highest BCUT2D eigenvalue weighted by Gasteiger charge is 2.27. The number of hydrogen-bond donors (Lipinski definition) is 3. The number of phosphoric ester groups is 1. The van der Waals surface area contributed by atoms with Crippen LogP contribution in [-0.4, -0.2) is 65.7 Å². The summed E-state index contributed by atoms with van der Waals surface area (Å²) in [7, 11) is -4.63. The Bertz CT molecular complexity index is 1070. The molecule has 0 saturated heterocycles. The second-order valence-electron chi connectivity index (χ2n) is 13.3. The maximum absolute atomic E-state index is 12.6. The van der Waals surface area contributed by atoms with Gasteiger partial charge in [-0.05, 0) is 77.0 Å². The summed E-state index contributed by atoms with van der Waals surface area (Å²) in [5.41, 5.74) is 0. The summed E-state index contributed by atoms with van der Waals surface area (Å²) in [5.74, 6) is -0.988. The molecule has 0 amide bonds. The van der Waals surface area contributed by atoms with E-state index in [1.165, 1.54) is 38.5 Å². The molecule has 0 aromatic heterocycles. The number of unbranched alkanes of at least 4 members (excludes halogenated alkanes) is 13. The zero-order valence-electron chi connectivity index (χ0n) is 33.0. The van der Waals surface area contributed by atoms with E-state index in [2.05, 4.69) is 79.1 Å². The van der Waals surface area contributed by atoms with Gasteiger partial charge in [0, 0.05) is 12.8 Å². The molecule has 3 N–H and O–H groups in total. The number of allylic oxidation sites excluding steroid dienone is 10. The van der Waals surface area contributed by atoms with E-state index in [9.17, 15) is 24.2 Å². The third-order valence-electron chi connectivity index (χ3n) is 8.16. The van der Waals surface area contributed by atoms with Gasteiger partial charge >= 0.3 is 19.8 Å². The molecule has 0 spiro atoms. The van der Waals surface area contributed by atoms with Gasteiger partial charge in [-0.1, -0.05) is 126 Å². The van der Waals surface area contributed by atoms with Gasteiger partial charge in [0.25, 0.3) is 0 Å². The molecule has 0 bridgehead atoms. The van der Waals surface area contributed by atoms with Crippen LogP contribution in [0.25, 0.3) is 0 Å². The van der Waals surface area contributed by atoms with E-state index < -0.39 is 51.8 Å². The van der Waals surface area contributed by atoms with Crippen LogP contribution in [-0.2, 0) is 32.7 Å². The molecule has 0 fully saturated rings. The zero-order valence-corrected chi connectivity index (χ0v) is 33.9. The summed E-state index contributed by atoms with van der Waals surface area (Å²) in [4.78, 5) is 34.9. The summed E-state index contributed by atoms with van der Waals surface area (Å²) in [5, 5.41) is 18.3. The Balaban J connectivity index is 4.43. The van der Waals surface area contributed by atoms with Crippen LogP contribution in [0, 0.1) is 0 Å². The van der Waals surface area contributed by atoms with Crippen LogP contribution in [0.5, 0.6) is 0 Å². The zero-order chi connectivity index (χ0) is 39.1. The molecule has 3 atom stereocenters. The van der Waals surface area contributed by atoms with Crippen molar-refractivity contribution < 1.29 is 47.8 Å². The van der Waals surface area contributed by atoms with Gasteiger partial charge in [0.2, 0.25) is 0 Å². The molecule has 0 aromatic rings. The predicted octanol–water partition coefficient (Wildman–Crippen LogP) is 10.3. The Hall–Kier alpha value is -2.33. The average Bonchev–Trinajstić information content (AvgIpc) is 3.14. The lowest BCUT2D eigenvalue weighted by molar-refractivity contribution is -0.161. The molecule has 0 radical (unpaired) electrons. The van der Waals surface area contributed by atoms with Crippen molar-refractivity contribution in [1.29, 1.82) is 0 Å². The van der Waals surface area contributed by atoms with Gasteiger partial charge in [-0.2, -0.15) is 0 Å². The molecule has 0 aliphatic heterocycles. The Labute approximate surface area is 321 Å². The lowest BCUT2D eigenvalue weighted by Gasteiger charge is -2.20. The third-order valence-corrected chi connectivity index (χ3v) is 9.11. The van der Waals surface area contributed by atoms with Crippen LogP contribution in [0.4, 0.5) is 0 Å². The van der Waals surface area contributed by atoms with E-state index in [1.54, 1.807) is 0 Å². The first-order valence-electron chi connectivity index (χ1n) is 20.2. The van der Waals surface area contributed by atoms with Crippen molar-refractivity contribution in [3.63, 3.8) is 0 Å². The fourth-order valence-corrected chi connectivity index (χ4v) is 5.83. The van der Waals surface area contributed by atoms with Gasteiger partial charge in [0.1, 0.15) is 12.7 Å². The molecular weight excluding hydrogens is 695 g/mol. The molecular formula is C42H73O10P. The Morgan fingerprint density at radius 1 is 0.585 bits per heavy atom. The van der Waals surface area contributed by atoms with E-state index in [0.29, 0.717) is 12.8 Å². The summed E-state index contributed by atoms with van der Waals surface area (Å²) in [6, 6.07) is 0. The monoisotopic (exact) mass is 768 g/mol. The fraction of sp³-hybridized carbons (Fsp3) is 0.714. The normalized spacial score (nSPS) is 14.6. The second-order valence-corrected chi connectivity index (χ2v) is 14.7. The largest absolute Gasteiger partial charge is 0.472 e. The Morgan fingerprint density at radius 2 is 1.04 bits per heavy atom. The maximum Gasteiger partial charge on any atom is 0.472 e. The minimum absolute atomic E-state index is 0.135. The van der Waals surface area contributed by atoms with Crippen molar-refractivity contribution in [2.24, 2.45) is 0 Å². The van der Waals surface area contributed by atoms with E-state index in [-0.39, 0.29) is 19.4 Å². The van der Waals surface area contributed by atoms with Crippen molar-refractivity contribution in [2.75, 3.05) is 26.4 Å². The first-order chi connectivity index (χ1) is 25.7. The number of aliphatic hydroxyl groups excluding tert-OH is 2. The van der Waals surface area contributed by atoms with Crippen LogP contribution < -0.4 is 0 Å². The molecule has 0 aromatic carbocycles. The van der Waals surface area contributed by atoms with Gasteiger partial charge < -0.3 is 24.6 Å². The van der Waals surface area contributed by atoms with Crippen LogP contribution in [0.3, 0.4) is 0 Å². The Morgan fingerprint density at radius 3 is 1.60 bits per heavy atom. The van der Waals surface area contributed by atoms with E-state index in [4.69, 9.17) is 19.1 Å². The number of carbonyl (C=O) groups is 2. The van der Waals surface area contributed by atoms with Crippen molar-refractivity contribution in [3.05, 3.63) is 60.8 Å².